The molecular formula is C29H48N2O5. The lowest BCUT2D eigenvalue weighted by molar-refractivity contribution is -0.142. The standard InChI is InChI=1S/C29H48N2O5/c1-8-19(2)20(3)26(35-6)17-27(33)31-16-12-15-24(31)29(36-7)21(4)25(32)18-30-22(5)28(34)23-13-10-9-11-14-23/h9-11,13-14,19-22,24,26,28-30,34H,8,12,15-18H2,1-7H3/t19-,20-,21-,22?,24-,26+,28?,29?/m0/s1. The van der Waals surface area contributed by atoms with Crippen molar-refractivity contribution in [3.63, 3.8) is 0 Å². The molecule has 0 spiro atoms. The van der Waals surface area contributed by atoms with E-state index in [1.54, 1.807) is 14.2 Å². The first-order valence-corrected chi connectivity index (χ1v) is 13.5. The monoisotopic (exact) mass is 504 g/mol. The van der Waals surface area contributed by atoms with Crippen LogP contribution in [0.25, 0.3) is 0 Å². The van der Waals surface area contributed by atoms with Gasteiger partial charge in [0.15, 0.2) is 5.78 Å². The number of amides is 1. The van der Waals surface area contributed by atoms with Crippen molar-refractivity contribution in [3.8, 4) is 0 Å². The second-order valence-electron chi connectivity index (χ2n) is 10.5. The molecule has 1 fully saturated rings. The number of ketones is 1. The Labute approximate surface area is 217 Å². The zero-order chi connectivity index (χ0) is 26.8. The van der Waals surface area contributed by atoms with Crippen molar-refractivity contribution >= 4 is 11.7 Å². The highest BCUT2D eigenvalue weighted by Gasteiger charge is 2.40. The first-order valence-electron chi connectivity index (χ1n) is 13.5. The van der Waals surface area contributed by atoms with Gasteiger partial charge in [0.2, 0.25) is 5.91 Å². The van der Waals surface area contributed by atoms with Crippen molar-refractivity contribution in [3.05, 3.63) is 35.9 Å². The number of hydrogen-bond donors (Lipinski definition) is 2. The summed E-state index contributed by atoms with van der Waals surface area (Å²) in [4.78, 5) is 28.4. The maximum absolute atomic E-state index is 13.3. The molecule has 0 aliphatic carbocycles. The van der Waals surface area contributed by atoms with E-state index in [0.29, 0.717) is 18.9 Å². The summed E-state index contributed by atoms with van der Waals surface area (Å²) in [5.74, 6) is 0.436. The number of nitrogens with zero attached hydrogens (tertiary/aromatic N) is 1. The van der Waals surface area contributed by atoms with Gasteiger partial charge in [-0.15, -0.1) is 0 Å². The zero-order valence-electron chi connectivity index (χ0n) is 23.3. The zero-order valence-corrected chi connectivity index (χ0v) is 23.3. The quantitative estimate of drug-likeness (QED) is 0.375. The third kappa shape index (κ3) is 7.85. The smallest absolute Gasteiger partial charge is 0.225 e. The second-order valence-corrected chi connectivity index (χ2v) is 10.5. The molecule has 36 heavy (non-hydrogen) atoms. The van der Waals surface area contributed by atoms with Crippen molar-refractivity contribution in [1.82, 2.24) is 10.2 Å². The Morgan fingerprint density at radius 1 is 1.11 bits per heavy atom. The molecule has 1 aliphatic heterocycles. The molecule has 0 aromatic heterocycles. The average molecular weight is 505 g/mol. The first kappa shape index (κ1) is 30.4. The summed E-state index contributed by atoms with van der Waals surface area (Å²) < 4.78 is 11.5. The highest BCUT2D eigenvalue weighted by Crippen LogP contribution is 2.29. The fourth-order valence-corrected chi connectivity index (χ4v) is 5.31. The number of hydrogen-bond acceptors (Lipinski definition) is 6. The van der Waals surface area contributed by atoms with E-state index in [-0.39, 0.29) is 54.4 Å². The van der Waals surface area contributed by atoms with E-state index in [0.717, 1.165) is 24.8 Å². The molecule has 1 saturated heterocycles. The summed E-state index contributed by atoms with van der Waals surface area (Å²) in [6.07, 6.45) is 1.88. The minimum Gasteiger partial charge on any atom is -0.387 e. The van der Waals surface area contributed by atoms with E-state index in [2.05, 4.69) is 26.1 Å². The fourth-order valence-electron chi connectivity index (χ4n) is 5.31. The molecule has 1 aromatic rings. The topological polar surface area (TPSA) is 88.1 Å². The summed E-state index contributed by atoms with van der Waals surface area (Å²) in [5.41, 5.74) is 0.810. The van der Waals surface area contributed by atoms with Gasteiger partial charge in [-0.3, -0.25) is 9.59 Å². The van der Waals surface area contributed by atoms with Crippen LogP contribution in [0.4, 0.5) is 0 Å². The number of likely N-dealkylation sites (tertiary alicyclic amines) is 1. The van der Waals surface area contributed by atoms with Gasteiger partial charge < -0.3 is 24.8 Å². The molecule has 1 amide bonds. The summed E-state index contributed by atoms with van der Waals surface area (Å²) in [7, 11) is 3.30. The number of carbonyl (C=O) groups is 2. The summed E-state index contributed by atoms with van der Waals surface area (Å²) in [5, 5.41) is 13.8. The number of aliphatic hydroxyl groups is 1. The van der Waals surface area contributed by atoms with Crippen LogP contribution in [0.3, 0.4) is 0 Å². The molecule has 204 valence electrons. The van der Waals surface area contributed by atoms with Crippen molar-refractivity contribution in [2.75, 3.05) is 27.3 Å². The van der Waals surface area contributed by atoms with Gasteiger partial charge in [-0.2, -0.15) is 0 Å². The number of nitrogens with one attached hydrogen (secondary N) is 1. The van der Waals surface area contributed by atoms with Crippen LogP contribution >= 0.6 is 0 Å². The molecular weight excluding hydrogens is 456 g/mol. The summed E-state index contributed by atoms with van der Waals surface area (Å²) in [6, 6.07) is 9.00. The number of ether oxygens (including phenoxy) is 2. The predicted octanol–water partition coefficient (Wildman–Crippen LogP) is 4.00. The SMILES string of the molecule is CC[C@H](C)[C@H](C)[C@@H](CC(=O)N1CCC[C@H]1C(OC)[C@@H](C)C(=O)CNC(C)C(O)c1ccccc1)OC. The number of aliphatic hydroxyl groups excluding tert-OH is 1. The highest BCUT2D eigenvalue weighted by molar-refractivity contribution is 5.83. The number of rotatable bonds is 15. The Hall–Kier alpha value is -1.80. The molecule has 1 heterocycles. The van der Waals surface area contributed by atoms with E-state index >= 15 is 0 Å². The van der Waals surface area contributed by atoms with Crippen LogP contribution in [0.2, 0.25) is 0 Å². The summed E-state index contributed by atoms with van der Waals surface area (Å²) >= 11 is 0. The van der Waals surface area contributed by atoms with E-state index in [4.69, 9.17) is 9.47 Å². The first-order chi connectivity index (χ1) is 17.2. The Balaban J connectivity index is 1.99. The number of benzene rings is 1. The molecule has 0 radical (unpaired) electrons. The van der Waals surface area contributed by atoms with Gasteiger partial charge in [0.1, 0.15) is 0 Å². The Morgan fingerprint density at radius 3 is 2.36 bits per heavy atom. The third-order valence-electron chi connectivity index (χ3n) is 8.29. The van der Waals surface area contributed by atoms with Gasteiger partial charge in [0.25, 0.3) is 0 Å². The van der Waals surface area contributed by atoms with Crippen molar-refractivity contribution < 1.29 is 24.2 Å². The van der Waals surface area contributed by atoms with E-state index < -0.39 is 6.10 Å². The number of carbonyl (C=O) groups excluding carboxylic acids is 2. The van der Waals surface area contributed by atoms with Gasteiger partial charge in [-0.25, -0.2) is 0 Å². The van der Waals surface area contributed by atoms with Crippen LogP contribution < -0.4 is 5.32 Å². The second kappa shape index (κ2) is 14.8. The molecule has 8 atom stereocenters. The number of methoxy groups -OCH3 is 2. The average Bonchev–Trinajstić information content (AvgIpc) is 3.39. The van der Waals surface area contributed by atoms with Crippen molar-refractivity contribution in [2.45, 2.75) is 90.7 Å². The molecule has 7 heteroatoms. The summed E-state index contributed by atoms with van der Waals surface area (Å²) in [6.45, 7) is 11.1. The molecule has 2 rings (SSSR count). The van der Waals surface area contributed by atoms with E-state index in [1.165, 1.54) is 0 Å². The Morgan fingerprint density at radius 2 is 1.78 bits per heavy atom. The molecule has 2 N–H and O–H groups in total. The lowest BCUT2D eigenvalue weighted by Gasteiger charge is -2.35. The fraction of sp³-hybridized carbons (Fsp3) is 0.724. The maximum atomic E-state index is 13.3. The third-order valence-corrected chi connectivity index (χ3v) is 8.29. The molecule has 7 nitrogen and oxygen atoms in total. The van der Waals surface area contributed by atoms with E-state index in [9.17, 15) is 14.7 Å². The van der Waals surface area contributed by atoms with Gasteiger partial charge >= 0.3 is 0 Å². The van der Waals surface area contributed by atoms with Crippen LogP contribution in [0.1, 0.15) is 72.0 Å². The molecule has 1 aliphatic rings. The normalized spacial score (nSPS) is 21.9. The molecule has 1 aromatic carbocycles. The Bertz CT molecular complexity index is 804. The van der Waals surface area contributed by atoms with Gasteiger partial charge in [0, 0.05) is 32.7 Å². The lowest BCUT2D eigenvalue weighted by Crippen LogP contribution is -2.50. The van der Waals surface area contributed by atoms with Crippen LogP contribution in [0, 0.1) is 17.8 Å². The van der Waals surface area contributed by atoms with Crippen LogP contribution in [-0.4, -0.2) is 73.3 Å². The van der Waals surface area contributed by atoms with E-state index in [1.807, 2.05) is 49.1 Å². The Kier molecular flexibility index (Phi) is 12.5. The highest BCUT2D eigenvalue weighted by atomic mass is 16.5. The molecule has 3 unspecified atom stereocenters. The predicted molar refractivity (Wildman–Crippen MR) is 143 cm³/mol. The lowest BCUT2D eigenvalue weighted by atomic mass is 9.86. The number of Topliss-reactive ketones (excluding diaryl/α,β-unsaturated/α-hetero) is 1. The van der Waals surface area contributed by atoms with Crippen LogP contribution in [-0.2, 0) is 19.1 Å². The largest absolute Gasteiger partial charge is 0.387 e. The van der Waals surface area contributed by atoms with Crippen molar-refractivity contribution in [1.29, 1.82) is 0 Å². The minimum absolute atomic E-state index is 0.00780. The van der Waals surface area contributed by atoms with Gasteiger partial charge in [0.05, 0.1) is 37.3 Å². The molecule has 0 saturated carbocycles. The molecule has 0 bridgehead atoms. The van der Waals surface area contributed by atoms with Crippen molar-refractivity contribution in [2.24, 2.45) is 17.8 Å². The van der Waals surface area contributed by atoms with Crippen LogP contribution in [0.5, 0.6) is 0 Å². The van der Waals surface area contributed by atoms with Gasteiger partial charge in [-0.05, 0) is 37.2 Å². The van der Waals surface area contributed by atoms with Gasteiger partial charge in [-0.1, -0.05) is 64.4 Å². The maximum Gasteiger partial charge on any atom is 0.225 e. The van der Waals surface area contributed by atoms with Crippen LogP contribution in [0.15, 0.2) is 30.3 Å². The minimum atomic E-state index is -0.706.